The molecule has 0 fully saturated rings. The maximum atomic E-state index is 4.81. The van der Waals surface area contributed by atoms with Gasteiger partial charge in [-0.1, -0.05) is 0 Å². The summed E-state index contributed by atoms with van der Waals surface area (Å²) in [4.78, 5) is 0. The van der Waals surface area contributed by atoms with E-state index in [1.165, 1.54) is 0 Å². The molecule has 0 unspecified atom stereocenters. The number of hydrogen-bond acceptors (Lipinski definition) is 0. The molecular weight excluding hydrogens is 340 g/mol. The minimum absolute atomic E-state index is 0. The van der Waals surface area contributed by atoms with Crippen molar-refractivity contribution in [2.24, 2.45) is 0 Å². The van der Waals surface area contributed by atoms with Crippen molar-refractivity contribution in [1.82, 2.24) is 0 Å². The fourth-order valence-electron chi connectivity index (χ4n) is 0. The van der Waals surface area contributed by atoms with Crippen LogP contribution in [0.2, 0.25) is 0 Å². The molecule has 0 aliphatic rings. The second-order valence-electron chi connectivity index (χ2n) is 0.0452. The molecule has 0 radical (unpaired) electrons. The Morgan fingerprint density at radius 3 is 1.20 bits per heavy atom. The van der Waals surface area contributed by atoms with Crippen LogP contribution in [-0.4, -0.2) is 0 Å². The molecule has 0 aromatic carbocycles. The van der Waals surface area contributed by atoms with Crippen molar-refractivity contribution in [2.75, 3.05) is 0 Å². The summed E-state index contributed by atoms with van der Waals surface area (Å²) in [5.41, 5.74) is 0. The molecule has 0 rings (SSSR count). The number of halogens is 2. The Morgan fingerprint density at radius 1 is 1.20 bits per heavy atom. The first kappa shape index (κ1) is 15.7. The van der Waals surface area contributed by atoms with Crippen LogP contribution in [0, 0.1) is 0 Å². The maximum Gasteiger partial charge on any atom is 0 e. The predicted molar refractivity (Wildman–Crippen MR) is 11.7 cm³/mol. The summed E-state index contributed by atoms with van der Waals surface area (Å²) in [5, 5.41) is 0. The second kappa shape index (κ2) is 16.1. The van der Waals surface area contributed by atoms with E-state index in [-0.39, 0.29) is 53.4 Å². The van der Waals surface area contributed by atoms with Gasteiger partial charge in [-0.2, -0.15) is 0 Å². The van der Waals surface area contributed by atoms with Crippen molar-refractivity contribution < 1.29 is 53.4 Å². The molecule has 5 heavy (non-hydrogen) atoms. The standard InChI is InChI=1S/2ClH.Fe.2Pd/h2*1H;;;/q;;;;+2/p-2. The average Bonchev–Trinajstić information content (AvgIpc) is 0.918. The van der Waals surface area contributed by atoms with Gasteiger partial charge in [-0.05, 0) is 0 Å². The zero-order valence-corrected chi connectivity index (χ0v) is 7.47. The van der Waals surface area contributed by atoms with Crippen molar-refractivity contribution in [3.05, 3.63) is 0 Å². The molecule has 5 heteroatoms. The Hall–Kier alpha value is 2.42. The van der Waals surface area contributed by atoms with Crippen molar-refractivity contribution in [2.45, 2.75) is 0 Å². The Balaban J connectivity index is -0.0000000200. The minimum Gasteiger partial charge on any atom is 0 e. The molecule has 0 nitrogen and oxygen atoms in total. The van der Waals surface area contributed by atoms with E-state index >= 15 is 0 Å². The Labute approximate surface area is 71.6 Å². The van der Waals surface area contributed by atoms with Crippen molar-refractivity contribution in [1.29, 1.82) is 0 Å². The Bertz CT molecular complexity index is 7.61. The molecule has 0 atom stereocenters. The van der Waals surface area contributed by atoms with Gasteiger partial charge >= 0.3 is 35.0 Å². The zero-order chi connectivity index (χ0) is 2.71. The molecule has 0 amide bonds. The van der Waals surface area contributed by atoms with Gasteiger partial charge in [0.2, 0.25) is 0 Å². The molecule has 0 heterocycles. The molecule has 0 saturated carbocycles. The molecular formula is Cl2FePd2. The first-order valence-electron chi connectivity index (χ1n) is 0.239. The smallest absolute Gasteiger partial charge is 0 e. The monoisotopic (exact) mass is 338 g/mol. The van der Waals surface area contributed by atoms with E-state index in [2.05, 4.69) is 0 Å². The molecule has 0 saturated heterocycles. The summed E-state index contributed by atoms with van der Waals surface area (Å²) < 4.78 is 0. The van der Waals surface area contributed by atoms with Gasteiger partial charge in [0.15, 0.2) is 0 Å². The molecule has 0 aromatic heterocycles. The quantitative estimate of drug-likeness (QED) is 0.585. The van der Waals surface area contributed by atoms with Gasteiger partial charge in [-0.25, -0.2) is 0 Å². The van der Waals surface area contributed by atoms with E-state index in [4.69, 9.17) is 19.1 Å². The molecule has 0 aliphatic carbocycles. The third-order valence-electron chi connectivity index (χ3n) is 0. The molecule has 0 bridgehead atoms. The van der Waals surface area contributed by atoms with Crippen molar-refractivity contribution >= 4 is 19.1 Å². The van der Waals surface area contributed by atoms with Gasteiger partial charge in [0.05, 0.1) is 0 Å². The molecule has 0 spiro atoms. The number of hydrogen-bond donors (Lipinski definition) is 0. The summed E-state index contributed by atoms with van der Waals surface area (Å²) in [5.74, 6) is 0. The first-order chi connectivity index (χ1) is 1.41. The van der Waals surface area contributed by atoms with Gasteiger partial charge in [-0.3, -0.25) is 0 Å². The topological polar surface area (TPSA) is 0 Å². The Kier molecular flexibility index (Phi) is 50.5. The van der Waals surface area contributed by atoms with E-state index in [0.29, 0.717) is 0 Å². The summed E-state index contributed by atoms with van der Waals surface area (Å²) in [6.07, 6.45) is 0. The second-order valence-corrected chi connectivity index (χ2v) is 2.41. The van der Waals surface area contributed by atoms with Crippen LogP contribution in [0.4, 0.5) is 0 Å². The predicted octanol–water partition coefficient (Wildman–Crippen LogP) is 1.37. The SMILES string of the molecule is [Cl][Pd][Cl].[Fe].[Pd]. The van der Waals surface area contributed by atoms with Crippen LogP contribution in [0.25, 0.3) is 0 Å². The number of rotatable bonds is 0. The van der Waals surface area contributed by atoms with E-state index in [0.717, 1.165) is 0 Å². The van der Waals surface area contributed by atoms with Crippen LogP contribution < -0.4 is 0 Å². The fraction of sp³-hybridized carbons (Fsp3) is 0. The van der Waals surface area contributed by atoms with Crippen LogP contribution in [0.3, 0.4) is 0 Å². The largest absolute Gasteiger partial charge is 0 e. The van der Waals surface area contributed by atoms with E-state index in [9.17, 15) is 0 Å². The van der Waals surface area contributed by atoms with Crippen molar-refractivity contribution in [3.8, 4) is 0 Å². The molecule has 42 valence electrons. The van der Waals surface area contributed by atoms with Gasteiger partial charge in [-0.15, -0.1) is 0 Å². The van der Waals surface area contributed by atoms with Gasteiger partial charge in [0.25, 0.3) is 0 Å². The first-order valence-corrected chi connectivity index (χ1v) is 4.24. The van der Waals surface area contributed by atoms with Crippen LogP contribution in [-0.2, 0) is 53.4 Å². The van der Waals surface area contributed by atoms with E-state index in [1.807, 2.05) is 0 Å². The Morgan fingerprint density at radius 2 is 1.20 bits per heavy atom. The summed E-state index contributed by atoms with van der Waals surface area (Å²) in [7, 11) is 9.63. The van der Waals surface area contributed by atoms with Crippen LogP contribution in [0.1, 0.15) is 0 Å². The molecule has 0 aromatic rings. The average molecular weight is 340 g/mol. The van der Waals surface area contributed by atoms with Crippen LogP contribution >= 0.6 is 19.1 Å². The molecule has 0 aliphatic heterocycles. The summed E-state index contributed by atoms with van der Waals surface area (Å²) >= 11 is -0.106. The normalized spacial score (nSPS) is 4.40. The summed E-state index contributed by atoms with van der Waals surface area (Å²) in [6.45, 7) is 0. The maximum absolute atomic E-state index is 4.81. The van der Waals surface area contributed by atoms with E-state index < -0.39 is 0 Å². The summed E-state index contributed by atoms with van der Waals surface area (Å²) in [6, 6.07) is 0. The third-order valence-corrected chi connectivity index (χ3v) is 0. The molecule has 0 N–H and O–H groups in total. The van der Waals surface area contributed by atoms with Crippen LogP contribution in [0.15, 0.2) is 0 Å². The van der Waals surface area contributed by atoms with Crippen LogP contribution in [0.5, 0.6) is 0 Å². The third kappa shape index (κ3) is 21.4. The van der Waals surface area contributed by atoms with Gasteiger partial charge in [0, 0.05) is 37.5 Å². The minimum atomic E-state index is -0.106. The van der Waals surface area contributed by atoms with Gasteiger partial charge in [0.1, 0.15) is 0 Å². The fourth-order valence-corrected chi connectivity index (χ4v) is 0. The van der Waals surface area contributed by atoms with E-state index in [1.54, 1.807) is 0 Å². The van der Waals surface area contributed by atoms with Crippen molar-refractivity contribution in [3.63, 3.8) is 0 Å². The van der Waals surface area contributed by atoms with Gasteiger partial charge < -0.3 is 0 Å². The zero-order valence-electron chi connectivity index (χ0n) is 1.74.